The summed E-state index contributed by atoms with van der Waals surface area (Å²) in [6.45, 7) is 2.52. The van der Waals surface area contributed by atoms with Crippen LogP contribution >= 0.6 is 0 Å². The highest BCUT2D eigenvalue weighted by atomic mass is 15.1. The Hall–Kier alpha value is -2.20. The summed E-state index contributed by atoms with van der Waals surface area (Å²) in [5, 5.41) is 9.65. The lowest BCUT2D eigenvalue weighted by molar-refractivity contribution is 0.895. The van der Waals surface area contributed by atoms with E-state index in [2.05, 4.69) is 46.9 Å². The summed E-state index contributed by atoms with van der Waals surface area (Å²) >= 11 is 0. The highest BCUT2D eigenvalue weighted by Crippen LogP contribution is 2.32. The van der Waals surface area contributed by atoms with Crippen LogP contribution in [0.25, 0.3) is 22.2 Å². The van der Waals surface area contributed by atoms with Crippen molar-refractivity contribution < 1.29 is 0 Å². The van der Waals surface area contributed by atoms with Gasteiger partial charge in [0, 0.05) is 35.8 Å². The summed E-state index contributed by atoms with van der Waals surface area (Å²) in [6, 6.07) is 12.3. The molecule has 2 aromatic heterocycles. The SMILES string of the molecule is Cc1c(-c2ccc(CN)nn2)c2ccccc2n1C. The largest absolute Gasteiger partial charge is 0.347 e. The standard InChI is InChI=1S/C15H16N4/c1-10-15(13-8-7-11(9-16)17-18-13)12-5-3-4-6-14(12)19(10)2/h3-8H,9,16H2,1-2H3. The second-order valence-corrected chi connectivity index (χ2v) is 4.65. The summed E-state index contributed by atoms with van der Waals surface area (Å²) in [5.74, 6) is 0. The van der Waals surface area contributed by atoms with E-state index in [1.54, 1.807) is 0 Å². The van der Waals surface area contributed by atoms with Gasteiger partial charge in [-0.2, -0.15) is 10.2 Å². The van der Waals surface area contributed by atoms with Gasteiger partial charge in [-0.3, -0.25) is 0 Å². The molecule has 4 heteroatoms. The van der Waals surface area contributed by atoms with Gasteiger partial charge in [-0.15, -0.1) is 0 Å². The molecule has 0 bridgehead atoms. The summed E-state index contributed by atoms with van der Waals surface area (Å²) < 4.78 is 2.18. The third-order valence-electron chi connectivity index (χ3n) is 3.58. The summed E-state index contributed by atoms with van der Waals surface area (Å²) in [5.41, 5.74) is 10.8. The van der Waals surface area contributed by atoms with Crippen molar-refractivity contribution in [2.75, 3.05) is 0 Å². The Morgan fingerprint density at radius 3 is 2.58 bits per heavy atom. The van der Waals surface area contributed by atoms with Crippen molar-refractivity contribution in [1.29, 1.82) is 0 Å². The third kappa shape index (κ3) is 1.81. The quantitative estimate of drug-likeness (QED) is 0.762. The molecule has 2 heterocycles. The molecule has 0 aliphatic carbocycles. The number of rotatable bonds is 2. The van der Waals surface area contributed by atoms with Crippen LogP contribution < -0.4 is 5.73 Å². The number of nitrogens with zero attached hydrogens (tertiary/aromatic N) is 3. The molecule has 96 valence electrons. The van der Waals surface area contributed by atoms with Crippen LogP contribution in [0.1, 0.15) is 11.4 Å². The van der Waals surface area contributed by atoms with Crippen LogP contribution in [0.3, 0.4) is 0 Å². The third-order valence-corrected chi connectivity index (χ3v) is 3.58. The highest BCUT2D eigenvalue weighted by molar-refractivity contribution is 5.97. The van der Waals surface area contributed by atoms with Crippen LogP contribution in [0.4, 0.5) is 0 Å². The van der Waals surface area contributed by atoms with Crippen molar-refractivity contribution in [1.82, 2.24) is 14.8 Å². The van der Waals surface area contributed by atoms with Gasteiger partial charge in [-0.1, -0.05) is 18.2 Å². The molecule has 0 saturated carbocycles. The molecule has 2 N–H and O–H groups in total. The minimum atomic E-state index is 0.418. The van der Waals surface area contributed by atoms with E-state index in [-0.39, 0.29) is 0 Å². The smallest absolute Gasteiger partial charge is 0.0954 e. The monoisotopic (exact) mass is 252 g/mol. The fourth-order valence-corrected chi connectivity index (χ4v) is 2.45. The van der Waals surface area contributed by atoms with Gasteiger partial charge in [0.25, 0.3) is 0 Å². The molecule has 3 aromatic rings. The zero-order chi connectivity index (χ0) is 13.4. The van der Waals surface area contributed by atoms with E-state index in [0.717, 1.165) is 17.0 Å². The lowest BCUT2D eigenvalue weighted by Crippen LogP contribution is -2.01. The van der Waals surface area contributed by atoms with E-state index in [4.69, 9.17) is 5.73 Å². The van der Waals surface area contributed by atoms with Gasteiger partial charge < -0.3 is 10.3 Å². The van der Waals surface area contributed by atoms with Crippen LogP contribution in [-0.2, 0) is 13.6 Å². The Kier molecular flexibility index (Phi) is 2.80. The predicted molar refractivity (Wildman–Crippen MR) is 76.6 cm³/mol. The maximum atomic E-state index is 5.56. The van der Waals surface area contributed by atoms with Gasteiger partial charge in [-0.25, -0.2) is 0 Å². The Morgan fingerprint density at radius 2 is 1.89 bits per heavy atom. The lowest BCUT2D eigenvalue weighted by Gasteiger charge is -2.02. The Morgan fingerprint density at radius 1 is 1.11 bits per heavy atom. The maximum Gasteiger partial charge on any atom is 0.0954 e. The molecule has 0 amide bonds. The number of fused-ring (bicyclic) bond motifs is 1. The molecule has 0 aliphatic heterocycles. The van der Waals surface area contributed by atoms with E-state index in [1.807, 2.05) is 18.2 Å². The van der Waals surface area contributed by atoms with E-state index in [9.17, 15) is 0 Å². The number of nitrogens with two attached hydrogens (primary N) is 1. The number of aromatic nitrogens is 3. The van der Waals surface area contributed by atoms with Gasteiger partial charge in [0.05, 0.1) is 11.4 Å². The normalized spacial score (nSPS) is 11.1. The Balaban J connectivity index is 2.26. The molecule has 3 rings (SSSR count). The van der Waals surface area contributed by atoms with Crippen LogP contribution in [0, 0.1) is 6.92 Å². The number of aryl methyl sites for hydroxylation is 1. The summed E-state index contributed by atoms with van der Waals surface area (Å²) in [7, 11) is 2.07. The molecular formula is C15H16N4. The predicted octanol–water partition coefficient (Wildman–Crippen LogP) is 2.40. The highest BCUT2D eigenvalue weighted by Gasteiger charge is 2.14. The van der Waals surface area contributed by atoms with Crippen molar-refractivity contribution in [3.63, 3.8) is 0 Å². The molecule has 0 unspecified atom stereocenters. The first kappa shape index (κ1) is 11.9. The van der Waals surface area contributed by atoms with Crippen LogP contribution in [0.15, 0.2) is 36.4 Å². The van der Waals surface area contributed by atoms with Crippen LogP contribution in [-0.4, -0.2) is 14.8 Å². The van der Waals surface area contributed by atoms with Gasteiger partial charge in [-0.05, 0) is 25.1 Å². The van der Waals surface area contributed by atoms with E-state index >= 15 is 0 Å². The van der Waals surface area contributed by atoms with Crippen LogP contribution in [0.5, 0.6) is 0 Å². The molecule has 0 aliphatic rings. The van der Waals surface area contributed by atoms with Crippen molar-refractivity contribution in [2.45, 2.75) is 13.5 Å². The van der Waals surface area contributed by atoms with Crippen LogP contribution in [0.2, 0.25) is 0 Å². The topological polar surface area (TPSA) is 56.7 Å². The molecule has 0 spiro atoms. The summed E-state index contributed by atoms with van der Waals surface area (Å²) in [4.78, 5) is 0. The zero-order valence-electron chi connectivity index (χ0n) is 11.1. The second kappa shape index (κ2) is 4.48. The molecule has 0 atom stereocenters. The fourth-order valence-electron chi connectivity index (χ4n) is 2.45. The molecule has 0 fully saturated rings. The number of benzene rings is 1. The average molecular weight is 252 g/mol. The van der Waals surface area contributed by atoms with Crippen molar-refractivity contribution in [3.05, 3.63) is 47.8 Å². The van der Waals surface area contributed by atoms with Gasteiger partial charge in [0.2, 0.25) is 0 Å². The average Bonchev–Trinajstić information content (AvgIpc) is 2.72. The Labute approximate surface area is 111 Å². The molecule has 0 radical (unpaired) electrons. The molecular weight excluding hydrogens is 236 g/mol. The lowest BCUT2D eigenvalue weighted by atomic mass is 10.1. The molecule has 0 saturated heterocycles. The first-order valence-electron chi connectivity index (χ1n) is 6.29. The fraction of sp³-hybridized carbons (Fsp3) is 0.200. The number of hydrogen-bond acceptors (Lipinski definition) is 3. The van der Waals surface area contributed by atoms with Gasteiger partial charge in [0.1, 0.15) is 0 Å². The molecule has 1 aromatic carbocycles. The zero-order valence-corrected chi connectivity index (χ0v) is 11.1. The first-order valence-corrected chi connectivity index (χ1v) is 6.29. The number of para-hydroxylation sites is 1. The molecule has 19 heavy (non-hydrogen) atoms. The first-order chi connectivity index (χ1) is 9.22. The van der Waals surface area contributed by atoms with Crippen molar-refractivity contribution in [2.24, 2.45) is 12.8 Å². The van der Waals surface area contributed by atoms with Gasteiger partial charge in [0.15, 0.2) is 0 Å². The second-order valence-electron chi connectivity index (χ2n) is 4.65. The maximum absolute atomic E-state index is 5.56. The van der Waals surface area contributed by atoms with Gasteiger partial charge >= 0.3 is 0 Å². The minimum absolute atomic E-state index is 0.418. The van der Waals surface area contributed by atoms with Crippen molar-refractivity contribution in [3.8, 4) is 11.3 Å². The van der Waals surface area contributed by atoms with E-state index in [1.165, 1.54) is 16.6 Å². The summed E-state index contributed by atoms with van der Waals surface area (Å²) in [6.07, 6.45) is 0. The Bertz CT molecular complexity index is 726. The molecule has 4 nitrogen and oxygen atoms in total. The van der Waals surface area contributed by atoms with E-state index < -0.39 is 0 Å². The van der Waals surface area contributed by atoms with E-state index in [0.29, 0.717) is 6.54 Å². The van der Waals surface area contributed by atoms with Crippen molar-refractivity contribution >= 4 is 10.9 Å². The number of hydrogen-bond donors (Lipinski definition) is 1. The minimum Gasteiger partial charge on any atom is -0.347 e.